The third-order valence-corrected chi connectivity index (χ3v) is 3.56. The van der Waals surface area contributed by atoms with Gasteiger partial charge in [-0.25, -0.2) is 5.90 Å². The van der Waals surface area contributed by atoms with Crippen LogP contribution in [0.4, 0.5) is 0 Å². The van der Waals surface area contributed by atoms with Crippen molar-refractivity contribution in [2.75, 3.05) is 0 Å². The van der Waals surface area contributed by atoms with Crippen LogP contribution in [-0.4, -0.2) is 17.2 Å². The maximum atomic E-state index is 12.1. The van der Waals surface area contributed by atoms with Gasteiger partial charge < -0.3 is 4.74 Å². The number of carbonyl (C=O) groups excluding carboxylic acids is 1. The number of carbonyl (C=O) groups is 1. The van der Waals surface area contributed by atoms with Crippen LogP contribution < -0.4 is 5.90 Å². The van der Waals surface area contributed by atoms with E-state index < -0.39 is 11.2 Å². The molecule has 19 heavy (non-hydrogen) atoms. The Hall–Kier alpha value is -0.610. The summed E-state index contributed by atoms with van der Waals surface area (Å²) in [5.41, 5.74) is -0.911. The molecule has 2 unspecified atom stereocenters. The van der Waals surface area contributed by atoms with Crippen molar-refractivity contribution in [3.63, 3.8) is 0 Å². The van der Waals surface area contributed by atoms with Crippen molar-refractivity contribution in [2.24, 2.45) is 17.2 Å². The monoisotopic (exact) mass is 271 g/mol. The predicted octanol–water partition coefficient (Wildman–Crippen LogP) is 3.19. The second-order valence-electron chi connectivity index (χ2n) is 7.92. The van der Waals surface area contributed by atoms with E-state index in [4.69, 9.17) is 15.5 Å². The van der Waals surface area contributed by atoms with Crippen molar-refractivity contribution in [3.05, 3.63) is 0 Å². The van der Waals surface area contributed by atoms with Crippen LogP contribution in [0.2, 0.25) is 0 Å². The molecular formula is C15H29NO3. The molecule has 0 spiro atoms. The summed E-state index contributed by atoms with van der Waals surface area (Å²) in [7, 11) is 0. The molecule has 0 bridgehead atoms. The van der Waals surface area contributed by atoms with E-state index in [1.54, 1.807) is 0 Å². The minimum Gasteiger partial charge on any atom is -0.460 e. The second kappa shape index (κ2) is 5.41. The van der Waals surface area contributed by atoms with Gasteiger partial charge >= 0.3 is 5.97 Å². The molecule has 2 atom stereocenters. The van der Waals surface area contributed by atoms with Gasteiger partial charge in [-0.2, -0.15) is 0 Å². The van der Waals surface area contributed by atoms with E-state index in [0.29, 0.717) is 5.92 Å². The van der Waals surface area contributed by atoms with Crippen molar-refractivity contribution >= 4 is 5.97 Å². The van der Waals surface area contributed by atoms with Crippen LogP contribution in [-0.2, 0) is 14.4 Å². The highest BCUT2D eigenvalue weighted by Gasteiger charge is 2.45. The lowest BCUT2D eigenvalue weighted by Crippen LogP contribution is -2.48. The summed E-state index contributed by atoms with van der Waals surface area (Å²) in [5.74, 6) is 5.79. The third kappa shape index (κ3) is 5.11. The molecule has 0 aliphatic heterocycles. The van der Waals surface area contributed by atoms with E-state index in [1.807, 2.05) is 20.8 Å². The highest BCUT2D eigenvalue weighted by Crippen LogP contribution is 2.46. The molecule has 0 saturated heterocycles. The first-order valence-corrected chi connectivity index (χ1v) is 7.07. The lowest BCUT2D eigenvalue weighted by atomic mass is 9.65. The van der Waals surface area contributed by atoms with Crippen LogP contribution in [0.15, 0.2) is 0 Å². The number of ether oxygens (including phenoxy) is 1. The number of hydrogen-bond acceptors (Lipinski definition) is 4. The van der Waals surface area contributed by atoms with Crippen LogP contribution in [0, 0.1) is 11.3 Å². The molecule has 0 radical (unpaired) electrons. The summed E-state index contributed by atoms with van der Waals surface area (Å²) < 4.78 is 5.40. The highest BCUT2D eigenvalue weighted by molar-refractivity contribution is 5.71. The van der Waals surface area contributed by atoms with E-state index in [9.17, 15) is 4.79 Å². The highest BCUT2D eigenvalue weighted by atomic mass is 16.6. The van der Waals surface area contributed by atoms with Crippen LogP contribution in [0.25, 0.3) is 0 Å². The van der Waals surface area contributed by atoms with E-state index in [2.05, 4.69) is 20.8 Å². The zero-order valence-electron chi connectivity index (χ0n) is 13.2. The largest absolute Gasteiger partial charge is 0.460 e. The molecular weight excluding hydrogens is 242 g/mol. The summed E-state index contributed by atoms with van der Waals surface area (Å²) in [6.07, 6.45) is 2.97. The lowest BCUT2D eigenvalue weighted by Gasteiger charge is -2.45. The molecule has 0 aromatic rings. The van der Waals surface area contributed by atoms with Gasteiger partial charge in [-0.15, -0.1) is 0 Å². The van der Waals surface area contributed by atoms with Crippen LogP contribution in [0.5, 0.6) is 0 Å². The molecule has 0 aromatic carbocycles. The standard InChI is InChI=1S/C15H29NO3/c1-11-7-14(5,6)10-15(8-11,19-16)9-12(17)18-13(2,3)4/h11H,7-10,16H2,1-6H3. The van der Waals surface area contributed by atoms with E-state index in [-0.39, 0.29) is 17.8 Å². The molecule has 0 heterocycles. The molecule has 0 aromatic heterocycles. The van der Waals surface area contributed by atoms with E-state index in [0.717, 1.165) is 19.3 Å². The average Bonchev–Trinajstić information content (AvgIpc) is 2.10. The zero-order chi connectivity index (χ0) is 14.9. The van der Waals surface area contributed by atoms with E-state index in [1.165, 1.54) is 0 Å². The Labute approximate surface area is 117 Å². The van der Waals surface area contributed by atoms with Crippen LogP contribution >= 0.6 is 0 Å². The molecule has 1 rings (SSSR count). The van der Waals surface area contributed by atoms with Gasteiger partial charge in [0.15, 0.2) is 0 Å². The number of esters is 1. The molecule has 1 fully saturated rings. The van der Waals surface area contributed by atoms with Gasteiger partial charge in [0.2, 0.25) is 0 Å². The Morgan fingerprint density at radius 3 is 2.32 bits per heavy atom. The quantitative estimate of drug-likeness (QED) is 0.632. The van der Waals surface area contributed by atoms with Gasteiger partial charge in [0.1, 0.15) is 11.2 Å². The fourth-order valence-electron chi connectivity index (χ4n) is 3.57. The second-order valence-corrected chi connectivity index (χ2v) is 7.92. The van der Waals surface area contributed by atoms with Gasteiger partial charge in [0.25, 0.3) is 0 Å². The summed E-state index contributed by atoms with van der Waals surface area (Å²) in [4.78, 5) is 17.3. The van der Waals surface area contributed by atoms with Crippen molar-refractivity contribution < 1.29 is 14.4 Å². The molecule has 4 nitrogen and oxygen atoms in total. The maximum Gasteiger partial charge on any atom is 0.309 e. The minimum absolute atomic E-state index is 0.138. The molecule has 0 amide bonds. The lowest BCUT2D eigenvalue weighted by molar-refractivity contribution is -0.171. The fourth-order valence-corrected chi connectivity index (χ4v) is 3.57. The third-order valence-electron chi connectivity index (χ3n) is 3.56. The van der Waals surface area contributed by atoms with Gasteiger partial charge in [-0.3, -0.25) is 9.63 Å². The molecule has 4 heteroatoms. The SMILES string of the molecule is CC1CC(C)(C)CC(CC(=O)OC(C)(C)C)(ON)C1. The van der Waals surface area contributed by atoms with Crippen LogP contribution in [0.3, 0.4) is 0 Å². The number of rotatable bonds is 3. The van der Waals surface area contributed by atoms with Crippen molar-refractivity contribution in [2.45, 2.75) is 78.4 Å². The summed E-state index contributed by atoms with van der Waals surface area (Å²) in [6, 6.07) is 0. The van der Waals surface area contributed by atoms with Gasteiger partial charge in [0, 0.05) is 0 Å². The Kier molecular flexibility index (Phi) is 4.68. The first-order valence-electron chi connectivity index (χ1n) is 7.07. The number of nitrogens with two attached hydrogens (primary N) is 1. The molecule has 2 N–H and O–H groups in total. The average molecular weight is 271 g/mol. The summed E-state index contributed by atoms with van der Waals surface area (Å²) in [5, 5.41) is 0. The maximum absolute atomic E-state index is 12.1. The van der Waals surface area contributed by atoms with E-state index >= 15 is 0 Å². The fraction of sp³-hybridized carbons (Fsp3) is 0.933. The Morgan fingerprint density at radius 1 is 1.32 bits per heavy atom. The Bertz CT molecular complexity index is 333. The van der Waals surface area contributed by atoms with Gasteiger partial charge in [-0.05, 0) is 51.4 Å². The summed E-state index contributed by atoms with van der Waals surface area (Å²) >= 11 is 0. The normalized spacial score (nSPS) is 31.0. The molecule has 112 valence electrons. The van der Waals surface area contributed by atoms with Crippen molar-refractivity contribution in [1.82, 2.24) is 0 Å². The zero-order valence-corrected chi connectivity index (χ0v) is 13.2. The topological polar surface area (TPSA) is 61.5 Å². The predicted molar refractivity (Wildman–Crippen MR) is 75.3 cm³/mol. The van der Waals surface area contributed by atoms with Gasteiger partial charge in [-0.1, -0.05) is 20.8 Å². The molecule has 1 aliphatic rings. The molecule has 1 aliphatic carbocycles. The van der Waals surface area contributed by atoms with Crippen LogP contribution in [0.1, 0.15) is 67.2 Å². The van der Waals surface area contributed by atoms with Crippen molar-refractivity contribution in [1.29, 1.82) is 0 Å². The Morgan fingerprint density at radius 2 is 1.89 bits per heavy atom. The first kappa shape index (κ1) is 16.4. The molecule has 1 saturated carbocycles. The summed E-state index contributed by atoms with van der Waals surface area (Å²) in [6.45, 7) is 12.2. The first-order chi connectivity index (χ1) is 8.47. The Balaban J connectivity index is 2.78. The van der Waals surface area contributed by atoms with Gasteiger partial charge in [0.05, 0.1) is 6.42 Å². The number of hydrogen-bond donors (Lipinski definition) is 1. The minimum atomic E-state index is -0.580. The van der Waals surface area contributed by atoms with Crippen molar-refractivity contribution in [3.8, 4) is 0 Å². The smallest absolute Gasteiger partial charge is 0.309 e.